The van der Waals surface area contributed by atoms with E-state index < -0.39 is 0 Å². The van der Waals surface area contributed by atoms with Crippen LogP contribution < -0.4 is 10.8 Å². The van der Waals surface area contributed by atoms with Gasteiger partial charge in [-0.2, -0.15) is 0 Å². The van der Waals surface area contributed by atoms with E-state index >= 15 is 0 Å². The molecule has 2 N–H and O–H groups in total. The Kier molecular flexibility index (Phi) is 5.35. The van der Waals surface area contributed by atoms with Gasteiger partial charge in [-0.15, -0.1) is 0 Å². The SMILES string of the molecule is CC(=O)c1ccc(N=C(Nc2cccc(Cl)c2)n2sc(C)cc2=N)cc1. The highest BCUT2D eigenvalue weighted by molar-refractivity contribution is 7.07. The number of halogens is 1. The van der Waals surface area contributed by atoms with Crippen LogP contribution >= 0.6 is 23.1 Å². The van der Waals surface area contributed by atoms with Crippen molar-refractivity contribution < 1.29 is 4.79 Å². The Labute approximate surface area is 160 Å². The quantitative estimate of drug-likeness (QED) is 0.385. The Morgan fingerprint density at radius 2 is 1.92 bits per heavy atom. The maximum absolute atomic E-state index is 11.4. The average Bonchev–Trinajstić information content (AvgIpc) is 2.93. The predicted molar refractivity (Wildman–Crippen MR) is 107 cm³/mol. The summed E-state index contributed by atoms with van der Waals surface area (Å²) in [5.74, 6) is 0.500. The summed E-state index contributed by atoms with van der Waals surface area (Å²) in [6.07, 6.45) is 0. The Balaban J connectivity index is 2.03. The highest BCUT2D eigenvalue weighted by Gasteiger charge is 2.09. The minimum atomic E-state index is 0.00880. The van der Waals surface area contributed by atoms with E-state index in [1.807, 2.05) is 19.1 Å². The number of benzene rings is 2. The summed E-state index contributed by atoms with van der Waals surface area (Å²) < 4.78 is 1.70. The molecular formula is C19H17ClN4OS. The van der Waals surface area contributed by atoms with Gasteiger partial charge in [-0.05, 0) is 62.4 Å². The molecule has 3 rings (SSSR count). The monoisotopic (exact) mass is 384 g/mol. The molecule has 5 nitrogen and oxygen atoms in total. The number of hydrogen-bond donors (Lipinski definition) is 2. The third-order valence-electron chi connectivity index (χ3n) is 3.58. The van der Waals surface area contributed by atoms with Crippen LogP contribution in [0.3, 0.4) is 0 Å². The number of ketones is 1. The number of hydrogen-bond acceptors (Lipinski definition) is 4. The number of aryl methyl sites for hydroxylation is 1. The largest absolute Gasteiger partial charge is 0.325 e. The van der Waals surface area contributed by atoms with E-state index in [0.717, 1.165) is 10.6 Å². The number of carbonyl (C=O) groups is 1. The van der Waals surface area contributed by atoms with E-state index in [1.54, 1.807) is 46.4 Å². The lowest BCUT2D eigenvalue weighted by atomic mass is 10.1. The van der Waals surface area contributed by atoms with Crippen LogP contribution in [0.15, 0.2) is 59.6 Å². The summed E-state index contributed by atoms with van der Waals surface area (Å²) in [4.78, 5) is 17.1. The van der Waals surface area contributed by atoms with E-state index in [9.17, 15) is 4.79 Å². The lowest BCUT2D eigenvalue weighted by molar-refractivity contribution is 0.101. The molecule has 1 aromatic heterocycles. The van der Waals surface area contributed by atoms with Gasteiger partial charge in [-0.3, -0.25) is 10.2 Å². The van der Waals surface area contributed by atoms with Gasteiger partial charge in [0.2, 0.25) is 5.96 Å². The van der Waals surface area contributed by atoms with Crippen LogP contribution in [0.4, 0.5) is 11.4 Å². The molecule has 0 bridgehead atoms. The number of Topliss-reactive ketones (excluding diaryl/α,β-unsaturated/α-hetero) is 1. The summed E-state index contributed by atoms with van der Waals surface area (Å²) >= 11 is 7.49. The highest BCUT2D eigenvalue weighted by Crippen LogP contribution is 2.18. The van der Waals surface area contributed by atoms with Crippen LogP contribution in [0.25, 0.3) is 0 Å². The van der Waals surface area contributed by atoms with Gasteiger partial charge in [0.15, 0.2) is 5.78 Å². The van der Waals surface area contributed by atoms with Crippen LogP contribution in [0.5, 0.6) is 0 Å². The van der Waals surface area contributed by atoms with Crippen molar-refractivity contribution in [3.63, 3.8) is 0 Å². The zero-order valence-corrected chi connectivity index (χ0v) is 15.9. The number of anilines is 1. The van der Waals surface area contributed by atoms with Gasteiger partial charge in [-0.1, -0.05) is 29.2 Å². The molecule has 0 aliphatic rings. The van der Waals surface area contributed by atoms with E-state index in [0.29, 0.717) is 27.7 Å². The molecule has 0 aliphatic heterocycles. The molecule has 7 heteroatoms. The Morgan fingerprint density at radius 3 is 2.50 bits per heavy atom. The molecule has 0 aliphatic carbocycles. The fourth-order valence-electron chi connectivity index (χ4n) is 2.34. The van der Waals surface area contributed by atoms with Gasteiger partial charge in [-0.25, -0.2) is 8.95 Å². The van der Waals surface area contributed by atoms with Gasteiger partial charge in [0.25, 0.3) is 0 Å². The lowest BCUT2D eigenvalue weighted by Gasteiger charge is -2.11. The number of aromatic nitrogens is 1. The van der Waals surface area contributed by atoms with Gasteiger partial charge < -0.3 is 5.32 Å². The minimum absolute atomic E-state index is 0.00880. The van der Waals surface area contributed by atoms with Crippen LogP contribution in [0, 0.1) is 12.3 Å². The first-order valence-corrected chi connectivity index (χ1v) is 9.05. The van der Waals surface area contributed by atoms with Crippen LogP contribution in [-0.2, 0) is 0 Å². The Hall–Kier alpha value is -2.70. The molecular weight excluding hydrogens is 368 g/mol. The van der Waals surface area contributed by atoms with Crippen LogP contribution in [0.1, 0.15) is 22.2 Å². The predicted octanol–water partition coefficient (Wildman–Crippen LogP) is 4.84. The van der Waals surface area contributed by atoms with Crippen molar-refractivity contribution >= 4 is 46.3 Å². The Bertz CT molecular complexity index is 1030. The van der Waals surface area contributed by atoms with Crippen molar-refractivity contribution in [2.45, 2.75) is 13.8 Å². The van der Waals surface area contributed by atoms with Gasteiger partial charge in [0, 0.05) is 21.2 Å². The third kappa shape index (κ3) is 4.28. The summed E-state index contributed by atoms with van der Waals surface area (Å²) in [6, 6.07) is 16.1. The maximum Gasteiger partial charge on any atom is 0.223 e. The van der Waals surface area contributed by atoms with Crippen molar-refractivity contribution in [3.8, 4) is 0 Å². The third-order valence-corrected chi connectivity index (χ3v) is 4.77. The van der Waals surface area contributed by atoms with Crippen LogP contribution in [-0.4, -0.2) is 15.7 Å². The molecule has 3 aromatic rings. The molecule has 2 aromatic carbocycles. The van der Waals surface area contributed by atoms with E-state index in [2.05, 4.69) is 10.3 Å². The molecule has 0 spiro atoms. The van der Waals surface area contributed by atoms with Crippen molar-refractivity contribution in [1.82, 2.24) is 3.96 Å². The van der Waals surface area contributed by atoms with Crippen molar-refractivity contribution in [1.29, 1.82) is 5.41 Å². The average molecular weight is 385 g/mol. The fraction of sp³-hybridized carbons (Fsp3) is 0.105. The number of nitrogens with zero attached hydrogens (tertiary/aromatic N) is 2. The summed E-state index contributed by atoms with van der Waals surface area (Å²) in [5.41, 5.74) is 2.42. The van der Waals surface area contributed by atoms with Gasteiger partial charge in [0.1, 0.15) is 5.49 Å². The number of nitrogens with one attached hydrogen (secondary N) is 2. The number of aliphatic imine (C=N–C) groups is 1. The van der Waals surface area contributed by atoms with Crippen molar-refractivity contribution in [2.24, 2.45) is 4.99 Å². The van der Waals surface area contributed by atoms with E-state index in [-0.39, 0.29) is 5.78 Å². The zero-order chi connectivity index (χ0) is 18.7. The first kappa shape index (κ1) is 18.1. The topological polar surface area (TPSA) is 70.2 Å². The second-order valence-corrected chi connectivity index (χ2v) is 7.33. The van der Waals surface area contributed by atoms with Crippen molar-refractivity contribution in [3.05, 3.63) is 75.5 Å². The lowest BCUT2D eigenvalue weighted by Crippen LogP contribution is -2.28. The van der Waals surface area contributed by atoms with Crippen LogP contribution in [0.2, 0.25) is 5.02 Å². The molecule has 0 radical (unpaired) electrons. The smallest absolute Gasteiger partial charge is 0.223 e. The summed E-state index contributed by atoms with van der Waals surface area (Å²) in [5, 5.41) is 12.0. The Morgan fingerprint density at radius 1 is 1.19 bits per heavy atom. The first-order chi connectivity index (χ1) is 12.4. The second kappa shape index (κ2) is 7.68. The van der Waals surface area contributed by atoms with Gasteiger partial charge in [0.05, 0.1) is 5.69 Å². The number of carbonyl (C=O) groups excluding carboxylic acids is 1. The molecule has 26 heavy (non-hydrogen) atoms. The molecule has 0 saturated carbocycles. The van der Waals surface area contributed by atoms with Gasteiger partial charge >= 0.3 is 0 Å². The molecule has 132 valence electrons. The zero-order valence-electron chi connectivity index (χ0n) is 14.3. The molecule has 0 saturated heterocycles. The molecule has 0 atom stereocenters. The fourth-order valence-corrected chi connectivity index (χ4v) is 3.31. The van der Waals surface area contributed by atoms with E-state index in [4.69, 9.17) is 17.0 Å². The maximum atomic E-state index is 11.4. The highest BCUT2D eigenvalue weighted by atomic mass is 35.5. The molecule has 0 fully saturated rings. The molecule has 0 amide bonds. The standard InChI is InChI=1S/C19H17ClN4OS/c1-12-10-18(21)24(26-12)19(23-17-5-3-4-15(20)11-17)22-16-8-6-14(7-9-16)13(2)25/h3-11,21H,1-2H3,(H,22,23). The normalized spacial score (nSPS) is 11.4. The summed E-state index contributed by atoms with van der Waals surface area (Å²) in [7, 11) is 0. The summed E-state index contributed by atoms with van der Waals surface area (Å²) in [6.45, 7) is 3.47. The number of rotatable bonds is 3. The van der Waals surface area contributed by atoms with Crippen molar-refractivity contribution in [2.75, 3.05) is 5.32 Å². The molecule has 1 heterocycles. The first-order valence-electron chi connectivity index (χ1n) is 7.89. The minimum Gasteiger partial charge on any atom is -0.325 e. The second-order valence-electron chi connectivity index (χ2n) is 5.70. The van der Waals surface area contributed by atoms with E-state index in [1.165, 1.54) is 18.5 Å². The molecule has 0 unspecified atom stereocenters.